The molecule has 0 amide bonds. The molecular formula is C38H28N2. The van der Waals surface area contributed by atoms with Crippen molar-refractivity contribution in [2.24, 2.45) is 0 Å². The lowest BCUT2D eigenvalue weighted by Crippen LogP contribution is -1.92. The molecule has 8 aromatic rings. The van der Waals surface area contributed by atoms with Crippen LogP contribution >= 0.6 is 0 Å². The van der Waals surface area contributed by atoms with E-state index >= 15 is 0 Å². The number of fused-ring (bicyclic) bond motifs is 6. The van der Waals surface area contributed by atoms with Gasteiger partial charge in [-0.2, -0.15) is 0 Å². The Balaban J connectivity index is 0.00000130. The number of benzene rings is 6. The third kappa shape index (κ3) is 3.80. The minimum Gasteiger partial charge on any atom is -0.254 e. The van der Waals surface area contributed by atoms with Gasteiger partial charge in [0.15, 0.2) is 0 Å². The molecule has 190 valence electrons. The Hall–Kier alpha value is -5.08. The molecule has 0 atom stereocenters. The van der Waals surface area contributed by atoms with E-state index in [2.05, 4.69) is 126 Å². The molecule has 0 aliphatic carbocycles. The maximum atomic E-state index is 5.16. The normalized spacial score (nSPS) is 11.2. The molecule has 2 heteroatoms. The van der Waals surface area contributed by atoms with Crippen LogP contribution in [-0.4, -0.2) is 9.97 Å². The summed E-state index contributed by atoms with van der Waals surface area (Å²) >= 11 is 0. The Kier molecular flexibility index (Phi) is 5.94. The van der Waals surface area contributed by atoms with Gasteiger partial charge in [0.2, 0.25) is 0 Å². The lowest BCUT2D eigenvalue weighted by atomic mass is 9.88. The van der Waals surface area contributed by atoms with Crippen LogP contribution in [-0.2, 0) is 0 Å². The van der Waals surface area contributed by atoms with Crippen LogP contribution in [0.15, 0.2) is 134 Å². The van der Waals surface area contributed by atoms with Crippen LogP contribution < -0.4 is 0 Å². The second-order valence-electron chi connectivity index (χ2n) is 9.81. The molecule has 0 unspecified atom stereocenters. The first-order chi connectivity index (χ1) is 19.8. The van der Waals surface area contributed by atoms with E-state index in [4.69, 9.17) is 4.98 Å². The molecule has 2 aromatic heterocycles. The summed E-state index contributed by atoms with van der Waals surface area (Å²) in [5.74, 6) is 0. The highest BCUT2D eigenvalue weighted by molar-refractivity contribution is 6.18. The maximum absolute atomic E-state index is 5.16. The first kappa shape index (κ1) is 24.0. The van der Waals surface area contributed by atoms with Gasteiger partial charge in [-0.25, -0.2) is 4.98 Å². The highest BCUT2D eigenvalue weighted by atomic mass is 14.8. The van der Waals surface area contributed by atoms with E-state index < -0.39 is 0 Å². The fourth-order valence-electron chi connectivity index (χ4n) is 5.92. The first-order valence-corrected chi connectivity index (χ1v) is 13.9. The molecule has 0 bridgehead atoms. The van der Waals surface area contributed by atoms with Crippen molar-refractivity contribution >= 4 is 54.1 Å². The Morgan fingerprint density at radius 1 is 0.425 bits per heavy atom. The van der Waals surface area contributed by atoms with Crippen molar-refractivity contribution in [3.05, 3.63) is 134 Å². The SMILES string of the molecule is CC.c1ccc2c(-c3ccc(-c4ccc5ccc6cccnc6c5n4)c4ccccc34)c3ccccc3cc2c1. The van der Waals surface area contributed by atoms with Gasteiger partial charge in [-0.1, -0.05) is 123 Å². The summed E-state index contributed by atoms with van der Waals surface area (Å²) in [5, 5.41) is 9.67. The quantitative estimate of drug-likeness (QED) is 0.170. The fourth-order valence-corrected chi connectivity index (χ4v) is 5.92. The molecule has 40 heavy (non-hydrogen) atoms. The zero-order chi connectivity index (χ0) is 27.1. The van der Waals surface area contributed by atoms with Crippen molar-refractivity contribution in [1.29, 1.82) is 0 Å². The average molecular weight is 513 g/mol. The highest BCUT2D eigenvalue weighted by Crippen LogP contribution is 2.42. The Morgan fingerprint density at radius 3 is 1.65 bits per heavy atom. The second kappa shape index (κ2) is 9.91. The van der Waals surface area contributed by atoms with Crippen LogP contribution in [0.4, 0.5) is 0 Å². The van der Waals surface area contributed by atoms with Crippen molar-refractivity contribution in [2.45, 2.75) is 13.8 Å². The maximum Gasteiger partial charge on any atom is 0.0972 e. The summed E-state index contributed by atoms with van der Waals surface area (Å²) < 4.78 is 0. The summed E-state index contributed by atoms with van der Waals surface area (Å²) in [7, 11) is 0. The molecule has 0 fully saturated rings. The van der Waals surface area contributed by atoms with Gasteiger partial charge in [-0.15, -0.1) is 0 Å². The zero-order valence-corrected chi connectivity index (χ0v) is 22.6. The average Bonchev–Trinajstić information content (AvgIpc) is 3.04. The number of nitrogens with zero attached hydrogens (tertiary/aromatic N) is 2. The van der Waals surface area contributed by atoms with Crippen LogP contribution in [0.3, 0.4) is 0 Å². The Labute approximate surface area is 233 Å². The van der Waals surface area contributed by atoms with E-state index in [-0.39, 0.29) is 0 Å². The smallest absolute Gasteiger partial charge is 0.0972 e. The molecule has 6 aromatic carbocycles. The lowest BCUT2D eigenvalue weighted by Gasteiger charge is -2.16. The van der Waals surface area contributed by atoms with Gasteiger partial charge in [-0.3, -0.25) is 4.98 Å². The number of aromatic nitrogens is 2. The minimum atomic E-state index is 0.939. The molecule has 0 N–H and O–H groups in total. The van der Waals surface area contributed by atoms with Gasteiger partial charge in [0.05, 0.1) is 16.7 Å². The Bertz CT molecular complexity index is 2140. The minimum absolute atomic E-state index is 0.939. The van der Waals surface area contributed by atoms with Crippen LogP contribution in [0.2, 0.25) is 0 Å². The standard InChI is InChI=1S/C36H22N2.C2H6/c1-3-11-27-25(8-1)22-26-9-2-4-12-28(26)34(27)32-19-18-31(29-13-5-6-14-30(29)32)33-20-17-24-16-15-23-10-7-21-37-35(23)36(24)38-33;1-2/h1-22H;1-2H3. The monoisotopic (exact) mass is 512 g/mol. The third-order valence-electron chi connectivity index (χ3n) is 7.67. The molecule has 0 saturated heterocycles. The number of hydrogen-bond donors (Lipinski definition) is 0. The van der Waals surface area contributed by atoms with E-state index in [1.165, 1.54) is 43.4 Å². The van der Waals surface area contributed by atoms with E-state index in [1.807, 2.05) is 26.1 Å². The summed E-state index contributed by atoms with van der Waals surface area (Å²) in [4.78, 5) is 9.82. The van der Waals surface area contributed by atoms with Crippen LogP contribution in [0.1, 0.15) is 13.8 Å². The van der Waals surface area contributed by atoms with Crippen LogP contribution in [0.25, 0.3) is 76.5 Å². The molecule has 8 rings (SSSR count). The number of pyridine rings is 2. The van der Waals surface area contributed by atoms with Crippen molar-refractivity contribution in [3.63, 3.8) is 0 Å². The van der Waals surface area contributed by atoms with Crippen molar-refractivity contribution < 1.29 is 0 Å². The number of rotatable bonds is 2. The van der Waals surface area contributed by atoms with E-state index in [1.54, 1.807) is 0 Å². The molecule has 0 saturated carbocycles. The lowest BCUT2D eigenvalue weighted by molar-refractivity contribution is 1.37. The molecule has 2 nitrogen and oxygen atoms in total. The van der Waals surface area contributed by atoms with Crippen molar-refractivity contribution in [3.8, 4) is 22.4 Å². The number of hydrogen-bond acceptors (Lipinski definition) is 2. The summed E-state index contributed by atoms with van der Waals surface area (Å²) in [6.07, 6.45) is 1.84. The second-order valence-corrected chi connectivity index (χ2v) is 9.81. The third-order valence-corrected chi connectivity index (χ3v) is 7.67. The molecule has 2 heterocycles. The van der Waals surface area contributed by atoms with E-state index in [0.717, 1.165) is 33.1 Å². The summed E-state index contributed by atoms with van der Waals surface area (Å²) in [6, 6.07) is 45.5. The van der Waals surface area contributed by atoms with Gasteiger partial charge in [0, 0.05) is 22.5 Å². The predicted octanol–water partition coefficient (Wildman–Crippen LogP) is 10.6. The topological polar surface area (TPSA) is 25.8 Å². The van der Waals surface area contributed by atoms with Gasteiger partial charge >= 0.3 is 0 Å². The van der Waals surface area contributed by atoms with E-state index in [0.29, 0.717) is 0 Å². The highest BCUT2D eigenvalue weighted by Gasteiger charge is 2.15. The van der Waals surface area contributed by atoms with Gasteiger partial charge in [0.1, 0.15) is 0 Å². The predicted molar refractivity (Wildman–Crippen MR) is 172 cm³/mol. The molecule has 0 radical (unpaired) electrons. The molecule has 0 aliphatic rings. The summed E-state index contributed by atoms with van der Waals surface area (Å²) in [5.41, 5.74) is 6.49. The first-order valence-electron chi connectivity index (χ1n) is 13.9. The Morgan fingerprint density at radius 2 is 0.950 bits per heavy atom. The largest absolute Gasteiger partial charge is 0.254 e. The molecular weight excluding hydrogens is 484 g/mol. The van der Waals surface area contributed by atoms with Crippen LogP contribution in [0, 0.1) is 0 Å². The fraction of sp³-hybridized carbons (Fsp3) is 0.0526. The summed E-state index contributed by atoms with van der Waals surface area (Å²) in [6.45, 7) is 4.00. The van der Waals surface area contributed by atoms with Crippen molar-refractivity contribution in [1.82, 2.24) is 9.97 Å². The van der Waals surface area contributed by atoms with E-state index in [9.17, 15) is 0 Å². The van der Waals surface area contributed by atoms with Gasteiger partial charge in [-0.05, 0) is 61.6 Å². The van der Waals surface area contributed by atoms with Gasteiger partial charge < -0.3 is 0 Å². The van der Waals surface area contributed by atoms with Crippen molar-refractivity contribution in [2.75, 3.05) is 0 Å². The molecule has 0 aliphatic heterocycles. The van der Waals surface area contributed by atoms with Crippen LogP contribution in [0.5, 0.6) is 0 Å². The van der Waals surface area contributed by atoms with Gasteiger partial charge in [0.25, 0.3) is 0 Å². The zero-order valence-electron chi connectivity index (χ0n) is 22.6. The molecule has 0 spiro atoms.